The summed E-state index contributed by atoms with van der Waals surface area (Å²) in [6.07, 6.45) is 9.32. The summed E-state index contributed by atoms with van der Waals surface area (Å²) < 4.78 is 1.31. The van der Waals surface area contributed by atoms with E-state index in [1.807, 2.05) is 0 Å². The first kappa shape index (κ1) is 12.7. The number of benzene rings is 1. The second kappa shape index (κ2) is 4.97. The van der Waals surface area contributed by atoms with Crippen LogP contribution in [0.25, 0.3) is 0 Å². The van der Waals surface area contributed by atoms with Crippen LogP contribution in [0, 0.1) is 5.92 Å². The largest absolute Gasteiger partial charge is 0.330 e. The van der Waals surface area contributed by atoms with Gasteiger partial charge in [-0.3, -0.25) is 0 Å². The van der Waals surface area contributed by atoms with Crippen molar-refractivity contribution in [1.82, 2.24) is 0 Å². The molecular weight excluding hydrogens is 286 g/mol. The van der Waals surface area contributed by atoms with Gasteiger partial charge in [0.2, 0.25) is 0 Å². The van der Waals surface area contributed by atoms with Gasteiger partial charge in [-0.1, -0.05) is 47.3 Å². The normalized spacial score (nSPS) is 26.0. The molecule has 1 aromatic carbocycles. The first-order valence-electron chi connectivity index (χ1n) is 7.26. The van der Waals surface area contributed by atoms with Gasteiger partial charge in [-0.25, -0.2) is 0 Å². The molecule has 2 N–H and O–H groups in total. The van der Waals surface area contributed by atoms with Crippen molar-refractivity contribution in [1.29, 1.82) is 0 Å². The van der Waals surface area contributed by atoms with Gasteiger partial charge in [0, 0.05) is 4.47 Å². The lowest BCUT2D eigenvalue weighted by Gasteiger charge is -2.48. The molecule has 1 fully saturated rings. The summed E-state index contributed by atoms with van der Waals surface area (Å²) in [6, 6.07) is 6.77. The fourth-order valence-electron chi connectivity index (χ4n) is 4.30. The van der Waals surface area contributed by atoms with Gasteiger partial charge >= 0.3 is 0 Å². The van der Waals surface area contributed by atoms with Gasteiger partial charge in [0.05, 0.1) is 0 Å². The van der Waals surface area contributed by atoms with Crippen LogP contribution in [0.1, 0.15) is 49.7 Å². The summed E-state index contributed by atoms with van der Waals surface area (Å²) in [5.74, 6) is 0.694. The third-order valence-electron chi connectivity index (χ3n) is 5.21. The molecule has 0 heterocycles. The predicted octanol–water partition coefficient (Wildman–Crippen LogP) is 4.17. The molecule has 0 bridgehead atoms. The van der Waals surface area contributed by atoms with E-state index in [1.54, 1.807) is 11.1 Å². The zero-order chi connectivity index (χ0) is 12.6. The maximum atomic E-state index is 6.09. The van der Waals surface area contributed by atoms with E-state index in [0.717, 1.165) is 6.54 Å². The highest BCUT2D eigenvalue weighted by Crippen LogP contribution is 2.51. The van der Waals surface area contributed by atoms with Gasteiger partial charge in [0.1, 0.15) is 0 Å². The highest BCUT2D eigenvalue weighted by molar-refractivity contribution is 9.10. The van der Waals surface area contributed by atoms with Crippen molar-refractivity contribution in [3.63, 3.8) is 0 Å². The zero-order valence-corrected chi connectivity index (χ0v) is 12.5. The Kier molecular flexibility index (Phi) is 3.50. The van der Waals surface area contributed by atoms with E-state index in [9.17, 15) is 0 Å². The second-order valence-electron chi connectivity index (χ2n) is 5.95. The lowest BCUT2D eigenvalue weighted by atomic mass is 9.57. The van der Waals surface area contributed by atoms with Crippen molar-refractivity contribution >= 4 is 15.9 Å². The summed E-state index contributed by atoms with van der Waals surface area (Å²) in [7, 11) is 0. The van der Waals surface area contributed by atoms with Crippen LogP contribution in [-0.2, 0) is 11.8 Å². The van der Waals surface area contributed by atoms with Crippen LogP contribution >= 0.6 is 15.9 Å². The van der Waals surface area contributed by atoms with Crippen molar-refractivity contribution in [3.05, 3.63) is 33.8 Å². The third kappa shape index (κ3) is 1.85. The van der Waals surface area contributed by atoms with Crippen molar-refractivity contribution in [2.24, 2.45) is 11.7 Å². The minimum atomic E-state index is 0.393. The number of hydrogen-bond donors (Lipinski definition) is 1. The fourth-order valence-corrected chi connectivity index (χ4v) is 4.86. The van der Waals surface area contributed by atoms with E-state index in [4.69, 9.17) is 5.73 Å². The molecule has 2 aliphatic rings. The summed E-state index contributed by atoms with van der Waals surface area (Å²) in [6.45, 7) is 0.853. The van der Waals surface area contributed by atoms with Crippen LogP contribution in [0.3, 0.4) is 0 Å². The molecule has 0 radical (unpaired) electrons. The summed E-state index contributed by atoms with van der Waals surface area (Å²) in [5.41, 5.74) is 9.65. The molecule has 0 amide bonds. The molecule has 1 unspecified atom stereocenters. The van der Waals surface area contributed by atoms with E-state index in [0.29, 0.717) is 11.3 Å². The molecule has 1 atom stereocenters. The number of rotatable bonds is 1. The standard InChI is InChI=1S/C16H22BrN/c17-15-6-4-5-14-13(15)8-7-12(11-18)16(14)9-2-1-3-10-16/h4-6,12H,1-3,7-11,18H2. The average molecular weight is 308 g/mol. The molecule has 2 heteroatoms. The van der Waals surface area contributed by atoms with Gasteiger partial charge < -0.3 is 5.73 Å². The minimum Gasteiger partial charge on any atom is -0.330 e. The Bertz CT molecular complexity index is 435. The molecular formula is C16H22BrN. The molecule has 0 saturated heterocycles. The molecule has 2 aliphatic carbocycles. The van der Waals surface area contributed by atoms with Crippen molar-refractivity contribution in [3.8, 4) is 0 Å². The van der Waals surface area contributed by atoms with Crippen LogP contribution in [0.2, 0.25) is 0 Å². The lowest BCUT2D eigenvalue weighted by molar-refractivity contribution is 0.171. The Hall–Kier alpha value is -0.340. The van der Waals surface area contributed by atoms with Gasteiger partial charge in [0.15, 0.2) is 0 Å². The molecule has 1 aromatic rings. The number of halogens is 1. The van der Waals surface area contributed by atoms with Gasteiger partial charge in [-0.2, -0.15) is 0 Å². The lowest BCUT2D eigenvalue weighted by Crippen LogP contribution is -2.44. The highest BCUT2D eigenvalue weighted by atomic mass is 79.9. The smallest absolute Gasteiger partial charge is 0.0210 e. The summed E-state index contributed by atoms with van der Waals surface area (Å²) >= 11 is 3.74. The number of nitrogens with two attached hydrogens (primary N) is 1. The first-order valence-corrected chi connectivity index (χ1v) is 8.05. The Morgan fingerprint density at radius 2 is 2.00 bits per heavy atom. The molecule has 98 valence electrons. The van der Waals surface area contributed by atoms with Crippen molar-refractivity contribution in [2.75, 3.05) is 6.54 Å². The Labute approximate surface area is 118 Å². The highest BCUT2D eigenvalue weighted by Gasteiger charge is 2.44. The summed E-state index contributed by atoms with van der Waals surface area (Å²) in [4.78, 5) is 0. The van der Waals surface area contributed by atoms with Gasteiger partial charge in [-0.05, 0) is 60.8 Å². The van der Waals surface area contributed by atoms with E-state index < -0.39 is 0 Å². The van der Waals surface area contributed by atoms with Crippen LogP contribution in [0.4, 0.5) is 0 Å². The number of hydrogen-bond acceptors (Lipinski definition) is 1. The molecule has 1 nitrogen and oxygen atoms in total. The molecule has 1 spiro atoms. The van der Waals surface area contributed by atoms with Gasteiger partial charge in [0.25, 0.3) is 0 Å². The monoisotopic (exact) mass is 307 g/mol. The minimum absolute atomic E-state index is 0.393. The fraction of sp³-hybridized carbons (Fsp3) is 0.625. The average Bonchev–Trinajstić information content (AvgIpc) is 2.41. The van der Waals surface area contributed by atoms with E-state index in [-0.39, 0.29) is 0 Å². The molecule has 0 aliphatic heterocycles. The van der Waals surface area contributed by atoms with Crippen molar-refractivity contribution < 1.29 is 0 Å². The Morgan fingerprint density at radius 3 is 2.72 bits per heavy atom. The topological polar surface area (TPSA) is 26.0 Å². The van der Waals surface area contributed by atoms with E-state index in [1.165, 1.54) is 49.4 Å². The molecule has 3 rings (SSSR count). The molecule has 0 aromatic heterocycles. The maximum absolute atomic E-state index is 6.09. The first-order chi connectivity index (χ1) is 8.78. The van der Waals surface area contributed by atoms with Crippen LogP contribution in [-0.4, -0.2) is 6.54 Å². The second-order valence-corrected chi connectivity index (χ2v) is 6.81. The Morgan fingerprint density at radius 1 is 1.22 bits per heavy atom. The third-order valence-corrected chi connectivity index (χ3v) is 5.95. The van der Waals surface area contributed by atoms with Crippen LogP contribution in [0.15, 0.2) is 22.7 Å². The van der Waals surface area contributed by atoms with Crippen molar-refractivity contribution in [2.45, 2.75) is 50.4 Å². The van der Waals surface area contributed by atoms with Crippen LogP contribution < -0.4 is 5.73 Å². The zero-order valence-electron chi connectivity index (χ0n) is 10.9. The van der Waals surface area contributed by atoms with Gasteiger partial charge in [-0.15, -0.1) is 0 Å². The molecule has 1 saturated carbocycles. The van der Waals surface area contributed by atoms with E-state index >= 15 is 0 Å². The quantitative estimate of drug-likeness (QED) is 0.828. The summed E-state index contributed by atoms with van der Waals surface area (Å²) in [5, 5.41) is 0. The SMILES string of the molecule is NCC1CCc2c(Br)cccc2C12CCCCC2. The molecule has 18 heavy (non-hydrogen) atoms. The number of fused-ring (bicyclic) bond motifs is 2. The Balaban J connectivity index is 2.11. The van der Waals surface area contributed by atoms with E-state index in [2.05, 4.69) is 34.1 Å². The predicted molar refractivity (Wildman–Crippen MR) is 79.8 cm³/mol. The van der Waals surface area contributed by atoms with Crippen LogP contribution in [0.5, 0.6) is 0 Å². The maximum Gasteiger partial charge on any atom is 0.0210 e.